The van der Waals surface area contributed by atoms with E-state index in [2.05, 4.69) is 41.7 Å². The Bertz CT molecular complexity index is 506. The molecular formula is C16H17NOS. The Labute approximate surface area is 118 Å². The Hall–Kier alpha value is -1.45. The highest BCUT2D eigenvalue weighted by Gasteiger charge is 2.16. The van der Waals surface area contributed by atoms with Gasteiger partial charge in [0.15, 0.2) is 0 Å². The molecule has 2 aromatic rings. The van der Waals surface area contributed by atoms with E-state index in [-0.39, 0.29) is 0 Å². The van der Waals surface area contributed by atoms with Crippen molar-refractivity contribution in [1.29, 1.82) is 0 Å². The number of thioether (sulfide) groups is 1. The lowest BCUT2D eigenvalue weighted by atomic mass is 10.2. The summed E-state index contributed by atoms with van der Waals surface area (Å²) in [6.45, 7) is 1.72. The van der Waals surface area contributed by atoms with Crippen molar-refractivity contribution in [2.45, 2.75) is 12.0 Å². The summed E-state index contributed by atoms with van der Waals surface area (Å²) < 4.78 is 5.78. The Morgan fingerprint density at radius 1 is 1.05 bits per heavy atom. The van der Waals surface area contributed by atoms with Crippen LogP contribution in [-0.2, 0) is 6.61 Å². The first-order valence-electron chi connectivity index (χ1n) is 6.53. The zero-order valence-corrected chi connectivity index (χ0v) is 11.5. The summed E-state index contributed by atoms with van der Waals surface area (Å²) in [6.07, 6.45) is 0. The molecule has 1 aliphatic rings. The third kappa shape index (κ3) is 3.31. The average molecular weight is 271 g/mol. The Kier molecular flexibility index (Phi) is 4.06. The molecule has 1 N–H and O–H groups in total. The molecule has 19 heavy (non-hydrogen) atoms. The van der Waals surface area contributed by atoms with Gasteiger partial charge in [-0.3, -0.25) is 0 Å². The average Bonchev–Trinajstić information content (AvgIpc) is 3.01. The smallest absolute Gasteiger partial charge is 0.119 e. The molecule has 1 aliphatic heterocycles. The summed E-state index contributed by atoms with van der Waals surface area (Å²) in [5.41, 5.74) is 2.52. The monoisotopic (exact) mass is 271 g/mol. The molecule has 0 unspecified atom stereocenters. The number of rotatable bonds is 4. The van der Waals surface area contributed by atoms with Crippen LogP contribution >= 0.6 is 11.8 Å². The van der Waals surface area contributed by atoms with Crippen molar-refractivity contribution in [2.24, 2.45) is 0 Å². The van der Waals surface area contributed by atoms with Gasteiger partial charge in [-0.05, 0) is 23.3 Å². The second-order valence-corrected chi connectivity index (χ2v) is 5.76. The fourth-order valence-electron chi connectivity index (χ4n) is 2.12. The molecule has 0 radical (unpaired) electrons. The van der Waals surface area contributed by atoms with Crippen molar-refractivity contribution in [3.63, 3.8) is 0 Å². The quantitative estimate of drug-likeness (QED) is 0.918. The second-order valence-electron chi connectivity index (χ2n) is 4.55. The van der Waals surface area contributed by atoms with Gasteiger partial charge in [-0.25, -0.2) is 0 Å². The molecule has 1 atom stereocenters. The van der Waals surface area contributed by atoms with Crippen LogP contribution in [0.5, 0.6) is 5.75 Å². The Balaban J connectivity index is 1.60. The van der Waals surface area contributed by atoms with Crippen LogP contribution in [0.2, 0.25) is 0 Å². The van der Waals surface area contributed by atoms with Gasteiger partial charge in [0.05, 0.1) is 5.37 Å². The first kappa shape index (κ1) is 12.6. The zero-order chi connectivity index (χ0) is 12.9. The van der Waals surface area contributed by atoms with Gasteiger partial charge in [-0.2, -0.15) is 0 Å². The maximum absolute atomic E-state index is 5.78. The molecule has 0 amide bonds. The summed E-state index contributed by atoms with van der Waals surface area (Å²) in [4.78, 5) is 0. The molecule has 2 aromatic carbocycles. The van der Waals surface area contributed by atoms with Crippen molar-refractivity contribution in [2.75, 3.05) is 12.3 Å². The molecule has 0 bridgehead atoms. The standard InChI is InChI=1S/C16H17NOS/c1-2-4-13(5-3-1)12-18-15-8-6-14(7-9-15)16-17-10-11-19-16/h1-9,16-17H,10-12H2/t16-/m1/s1. The normalized spacial score (nSPS) is 18.4. The third-order valence-corrected chi connectivity index (χ3v) is 4.36. The number of ether oxygens (including phenoxy) is 1. The minimum absolute atomic E-state index is 0.447. The molecule has 98 valence electrons. The van der Waals surface area contributed by atoms with E-state index in [0.29, 0.717) is 12.0 Å². The van der Waals surface area contributed by atoms with Crippen LogP contribution in [0.3, 0.4) is 0 Å². The van der Waals surface area contributed by atoms with Crippen LogP contribution in [0.15, 0.2) is 54.6 Å². The van der Waals surface area contributed by atoms with Crippen molar-refractivity contribution in [3.8, 4) is 5.75 Å². The highest BCUT2D eigenvalue weighted by molar-refractivity contribution is 7.99. The summed E-state index contributed by atoms with van der Waals surface area (Å²) in [5, 5.41) is 3.92. The van der Waals surface area contributed by atoms with Gasteiger partial charge in [0.1, 0.15) is 12.4 Å². The molecule has 2 nitrogen and oxygen atoms in total. The van der Waals surface area contributed by atoms with E-state index in [0.717, 1.165) is 12.3 Å². The van der Waals surface area contributed by atoms with E-state index in [1.54, 1.807) is 0 Å². The maximum atomic E-state index is 5.78. The molecule has 0 spiro atoms. The van der Waals surface area contributed by atoms with Crippen LogP contribution in [0.1, 0.15) is 16.5 Å². The maximum Gasteiger partial charge on any atom is 0.119 e. The van der Waals surface area contributed by atoms with Gasteiger partial charge in [0.25, 0.3) is 0 Å². The number of hydrogen-bond donors (Lipinski definition) is 1. The van der Waals surface area contributed by atoms with E-state index in [4.69, 9.17) is 4.74 Å². The van der Waals surface area contributed by atoms with Crippen LogP contribution in [0.4, 0.5) is 0 Å². The highest BCUT2D eigenvalue weighted by Crippen LogP contribution is 2.30. The Morgan fingerprint density at radius 3 is 2.53 bits per heavy atom. The third-order valence-electron chi connectivity index (χ3n) is 3.15. The first-order chi connectivity index (χ1) is 9.42. The molecular weight excluding hydrogens is 254 g/mol. The van der Waals surface area contributed by atoms with Crippen molar-refractivity contribution >= 4 is 11.8 Å². The molecule has 0 saturated carbocycles. The molecule has 1 fully saturated rings. The topological polar surface area (TPSA) is 21.3 Å². The predicted octanol–water partition coefficient (Wildman–Crippen LogP) is 3.60. The lowest BCUT2D eigenvalue weighted by Crippen LogP contribution is -2.11. The fraction of sp³-hybridized carbons (Fsp3) is 0.250. The van der Waals surface area contributed by atoms with Crippen LogP contribution in [-0.4, -0.2) is 12.3 Å². The second kappa shape index (κ2) is 6.13. The van der Waals surface area contributed by atoms with Crippen molar-refractivity contribution in [3.05, 3.63) is 65.7 Å². The molecule has 1 saturated heterocycles. The minimum Gasteiger partial charge on any atom is -0.489 e. The van der Waals surface area contributed by atoms with Gasteiger partial charge < -0.3 is 10.1 Å². The van der Waals surface area contributed by atoms with Crippen LogP contribution in [0, 0.1) is 0 Å². The molecule has 3 heteroatoms. The zero-order valence-electron chi connectivity index (χ0n) is 10.7. The summed E-state index contributed by atoms with van der Waals surface area (Å²) in [5.74, 6) is 2.12. The first-order valence-corrected chi connectivity index (χ1v) is 7.58. The highest BCUT2D eigenvalue weighted by atomic mass is 32.2. The van der Waals surface area contributed by atoms with Crippen molar-refractivity contribution < 1.29 is 4.74 Å². The van der Waals surface area contributed by atoms with Crippen LogP contribution < -0.4 is 10.1 Å². The largest absolute Gasteiger partial charge is 0.489 e. The van der Waals surface area contributed by atoms with Gasteiger partial charge >= 0.3 is 0 Å². The summed E-state index contributed by atoms with van der Waals surface area (Å²) >= 11 is 1.96. The summed E-state index contributed by atoms with van der Waals surface area (Å²) in [6, 6.07) is 18.6. The number of hydrogen-bond acceptors (Lipinski definition) is 3. The SMILES string of the molecule is c1ccc(COc2ccc([C@@H]3NCCS3)cc2)cc1. The fourth-order valence-corrected chi connectivity index (χ4v) is 3.18. The number of nitrogens with one attached hydrogen (secondary N) is 1. The number of benzene rings is 2. The predicted molar refractivity (Wildman–Crippen MR) is 80.4 cm³/mol. The van der Waals surface area contributed by atoms with Gasteiger partial charge in [-0.1, -0.05) is 42.5 Å². The van der Waals surface area contributed by atoms with E-state index in [9.17, 15) is 0 Å². The van der Waals surface area contributed by atoms with Gasteiger partial charge in [-0.15, -0.1) is 11.8 Å². The van der Waals surface area contributed by atoms with Gasteiger partial charge in [0.2, 0.25) is 0 Å². The van der Waals surface area contributed by atoms with E-state index in [1.165, 1.54) is 16.9 Å². The summed E-state index contributed by atoms with van der Waals surface area (Å²) in [7, 11) is 0. The molecule has 0 aromatic heterocycles. The Morgan fingerprint density at radius 2 is 1.84 bits per heavy atom. The van der Waals surface area contributed by atoms with E-state index < -0.39 is 0 Å². The van der Waals surface area contributed by atoms with E-state index in [1.807, 2.05) is 30.0 Å². The molecule has 3 rings (SSSR count). The van der Waals surface area contributed by atoms with Crippen LogP contribution in [0.25, 0.3) is 0 Å². The van der Waals surface area contributed by atoms with Gasteiger partial charge in [0, 0.05) is 12.3 Å². The van der Waals surface area contributed by atoms with Crippen molar-refractivity contribution in [1.82, 2.24) is 5.32 Å². The molecule has 0 aliphatic carbocycles. The lowest BCUT2D eigenvalue weighted by molar-refractivity contribution is 0.306. The minimum atomic E-state index is 0.447. The lowest BCUT2D eigenvalue weighted by Gasteiger charge is -2.11. The molecule has 1 heterocycles. The van der Waals surface area contributed by atoms with E-state index >= 15 is 0 Å².